The molecular formula is C17H13Cl2N5O2. The number of aromatic nitrogens is 2. The minimum absolute atomic E-state index is 0.0272. The zero-order chi connectivity index (χ0) is 18.7. The Labute approximate surface area is 159 Å². The number of hydrogen-bond acceptors (Lipinski definition) is 6. The van der Waals surface area contributed by atoms with E-state index in [1.165, 1.54) is 6.33 Å². The van der Waals surface area contributed by atoms with Crippen molar-refractivity contribution in [1.82, 2.24) is 9.97 Å². The number of nitrogens with zero attached hydrogens (tertiary/aromatic N) is 3. The lowest BCUT2D eigenvalue weighted by atomic mass is 10.2. The molecule has 1 aromatic heterocycles. The lowest BCUT2D eigenvalue weighted by molar-refractivity contribution is -0.383. The maximum Gasteiger partial charge on any atom is 0.353 e. The number of rotatable bonds is 5. The van der Waals surface area contributed by atoms with Crippen LogP contribution in [0.3, 0.4) is 0 Å². The van der Waals surface area contributed by atoms with Crippen molar-refractivity contribution in [2.24, 2.45) is 0 Å². The Morgan fingerprint density at radius 2 is 1.62 bits per heavy atom. The highest BCUT2D eigenvalue weighted by molar-refractivity contribution is 6.35. The molecule has 0 bridgehead atoms. The van der Waals surface area contributed by atoms with Crippen LogP contribution in [0.15, 0.2) is 48.8 Å². The van der Waals surface area contributed by atoms with Crippen LogP contribution in [0.25, 0.3) is 0 Å². The molecule has 26 heavy (non-hydrogen) atoms. The van der Waals surface area contributed by atoms with Gasteiger partial charge in [0.2, 0.25) is 11.6 Å². The molecule has 0 aliphatic carbocycles. The number of aryl methyl sites for hydroxylation is 1. The second-order valence-electron chi connectivity index (χ2n) is 5.40. The van der Waals surface area contributed by atoms with Gasteiger partial charge in [-0.25, -0.2) is 9.97 Å². The quantitative estimate of drug-likeness (QED) is 0.442. The molecule has 1 heterocycles. The van der Waals surface area contributed by atoms with Crippen LogP contribution in [0.2, 0.25) is 10.0 Å². The van der Waals surface area contributed by atoms with E-state index in [0.29, 0.717) is 21.4 Å². The first-order valence-corrected chi connectivity index (χ1v) is 8.25. The number of para-hydroxylation sites is 1. The van der Waals surface area contributed by atoms with Crippen LogP contribution in [0, 0.1) is 17.0 Å². The van der Waals surface area contributed by atoms with Gasteiger partial charge in [0.25, 0.3) is 0 Å². The van der Waals surface area contributed by atoms with E-state index < -0.39 is 4.92 Å². The highest BCUT2D eigenvalue weighted by Gasteiger charge is 2.23. The molecule has 0 amide bonds. The van der Waals surface area contributed by atoms with Crippen molar-refractivity contribution < 1.29 is 4.92 Å². The molecule has 0 saturated heterocycles. The fourth-order valence-electron chi connectivity index (χ4n) is 2.34. The van der Waals surface area contributed by atoms with Crippen molar-refractivity contribution in [3.05, 3.63) is 74.5 Å². The summed E-state index contributed by atoms with van der Waals surface area (Å²) in [5.74, 6) is 0.106. The van der Waals surface area contributed by atoms with E-state index in [4.69, 9.17) is 23.2 Å². The van der Waals surface area contributed by atoms with Crippen LogP contribution >= 0.6 is 23.2 Å². The molecule has 9 heteroatoms. The van der Waals surface area contributed by atoms with Crippen molar-refractivity contribution >= 4 is 51.9 Å². The van der Waals surface area contributed by atoms with Crippen LogP contribution in [0.5, 0.6) is 0 Å². The van der Waals surface area contributed by atoms with Crippen molar-refractivity contribution in [3.63, 3.8) is 0 Å². The minimum Gasteiger partial charge on any atom is -0.334 e. The zero-order valence-electron chi connectivity index (χ0n) is 13.5. The molecule has 0 unspecified atom stereocenters. The number of hydrogen-bond donors (Lipinski definition) is 2. The fraction of sp³-hybridized carbons (Fsp3) is 0.0588. The van der Waals surface area contributed by atoms with Crippen LogP contribution in [0.4, 0.5) is 28.7 Å². The van der Waals surface area contributed by atoms with Gasteiger partial charge in [-0.15, -0.1) is 0 Å². The van der Waals surface area contributed by atoms with E-state index in [1.807, 2.05) is 31.2 Å². The van der Waals surface area contributed by atoms with Crippen molar-refractivity contribution in [3.8, 4) is 0 Å². The Morgan fingerprint density at radius 1 is 1.00 bits per heavy atom. The maximum atomic E-state index is 11.6. The van der Waals surface area contributed by atoms with E-state index in [1.54, 1.807) is 18.2 Å². The molecule has 0 spiro atoms. The average molecular weight is 390 g/mol. The third-order valence-corrected chi connectivity index (χ3v) is 3.96. The minimum atomic E-state index is -0.547. The normalized spacial score (nSPS) is 10.4. The molecule has 3 aromatic rings. The zero-order valence-corrected chi connectivity index (χ0v) is 15.0. The first kappa shape index (κ1) is 17.9. The van der Waals surface area contributed by atoms with Gasteiger partial charge in [-0.2, -0.15) is 0 Å². The molecule has 7 nitrogen and oxygen atoms in total. The van der Waals surface area contributed by atoms with E-state index in [-0.39, 0.29) is 17.3 Å². The van der Waals surface area contributed by atoms with Gasteiger partial charge in [0, 0.05) is 21.4 Å². The Balaban J connectivity index is 2.01. The Kier molecular flexibility index (Phi) is 5.20. The van der Waals surface area contributed by atoms with Gasteiger partial charge in [0.15, 0.2) is 0 Å². The lowest BCUT2D eigenvalue weighted by Crippen LogP contribution is -2.06. The standard InChI is InChI=1S/C17H13Cl2N5O2/c1-10-4-2-3-5-14(10)23-17-15(24(25)26)16(20-9-21-17)22-13-7-11(18)6-12(19)8-13/h2-9H,1H3,(H2,20,21,22,23). The number of anilines is 4. The highest BCUT2D eigenvalue weighted by Crippen LogP contribution is 2.34. The van der Waals surface area contributed by atoms with Gasteiger partial charge in [0.1, 0.15) is 6.33 Å². The highest BCUT2D eigenvalue weighted by atomic mass is 35.5. The van der Waals surface area contributed by atoms with Crippen LogP contribution in [-0.2, 0) is 0 Å². The summed E-state index contributed by atoms with van der Waals surface area (Å²) in [6, 6.07) is 12.2. The second-order valence-corrected chi connectivity index (χ2v) is 6.27. The number of nitro groups is 1. The molecular weight excluding hydrogens is 377 g/mol. The van der Waals surface area contributed by atoms with E-state index >= 15 is 0 Å². The molecule has 0 aliphatic heterocycles. The largest absolute Gasteiger partial charge is 0.353 e. The summed E-state index contributed by atoms with van der Waals surface area (Å²) in [4.78, 5) is 19.1. The second kappa shape index (κ2) is 7.55. The summed E-state index contributed by atoms with van der Waals surface area (Å²) in [6.07, 6.45) is 1.24. The summed E-state index contributed by atoms with van der Waals surface area (Å²) in [5, 5.41) is 18.3. The first-order chi connectivity index (χ1) is 12.4. The number of halogens is 2. The average Bonchev–Trinajstić information content (AvgIpc) is 2.56. The van der Waals surface area contributed by atoms with Crippen LogP contribution in [0.1, 0.15) is 5.56 Å². The third-order valence-electron chi connectivity index (χ3n) is 3.53. The molecule has 0 radical (unpaired) electrons. The smallest absolute Gasteiger partial charge is 0.334 e. The summed E-state index contributed by atoms with van der Waals surface area (Å²) < 4.78 is 0. The monoisotopic (exact) mass is 389 g/mol. The van der Waals surface area contributed by atoms with E-state index in [0.717, 1.165) is 5.56 Å². The summed E-state index contributed by atoms with van der Waals surface area (Å²) in [6.45, 7) is 1.89. The topological polar surface area (TPSA) is 93.0 Å². The molecule has 0 fully saturated rings. The third kappa shape index (κ3) is 4.01. The summed E-state index contributed by atoms with van der Waals surface area (Å²) in [5.41, 5.74) is 1.83. The van der Waals surface area contributed by atoms with Crippen molar-refractivity contribution in [2.45, 2.75) is 6.92 Å². The predicted octanol–water partition coefficient (Wildman–Crippen LogP) is 5.49. The van der Waals surface area contributed by atoms with E-state index in [2.05, 4.69) is 20.6 Å². The molecule has 2 N–H and O–H groups in total. The van der Waals surface area contributed by atoms with Gasteiger partial charge in [-0.1, -0.05) is 41.4 Å². The maximum absolute atomic E-state index is 11.6. The Hall–Kier alpha value is -2.90. The predicted molar refractivity (Wildman–Crippen MR) is 103 cm³/mol. The van der Waals surface area contributed by atoms with Gasteiger partial charge in [0.05, 0.1) is 4.92 Å². The van der Waals surface area contributed by atoms with Crippen LogP contribution in [-0.4, -0.2) is 14.9 Å². The summed E-state index contributed by atoms with van der Waals surface area (Å²) >= 11 is 11.9. The van der Waals surface area contributed by atoms with E-state index in [9.17, 15) is 10.1 Å². The molecule has 0 aliphatic rings. The van der Waals surface area contributed by atoms with Gasteiger partial charge >= 0.3 is 5.69 Å². The molecule has 3 rings (SSSR count). The van der Waals surface area contributed by atoms with Gasteiger partial charge in [-0.3, -0.25) is 10.1 Å². The van der Waals surface area contributed by atoms with Crippen LogP contribution < -0.4 is 10.6 Å². The fourth-order valence-corrected chi connectivity index (χ4v) is 2.86. The molecule has 132 valence electrons. The SMILES string of the molecule is Cc1ccccc1Nc1ncnc(Nc2cc(Cl)cc(Cl)c2)c1[N+](=O)[O-]. The van der Waals surface area contributed by atoms with Crippen molar-refractivity contribution in [2.75, 3.05) is 10.6 Å². The van der Waals surface area contributed by atoms with Crippen molar-refractivity contribution in [1.29, 1.82) is 0 Å². The Morgan fingerprint density at radius 3 is 2.23 bits per heavy atom. The Bertz CT molecular complexity index is 961. The van der Waals surface area contributed by atoms with Gasteiger partial charge < -0.3 is 10.6 Å². The first-order valence-electron chi connectivity index (χ1n) is 7.49. The number of nitrogens with one attached hydrogen (secondary N) is 2. The van der Waals surface area contributed by atoms with Gasteiger partial charge in [-0.05, 0) is 36.8 Å². The molecule has 0 saturated carbocycles. The molecule has 2 aromatic carbocycles. The number of benzene rings is 2. The lowest BCUT2D eigenvalue weighted by Gasteiger charge is -2.11. The molecule has 0 atom stereocenters. The summed E-state index contributed by atoms with van der Waals surface area (Å²) in [7, 11) is 0.